The van der Waals surface area contributed by atoms with Crippen LogP contribution >= 0.6 is 11.3 Å². The molecule has 7 heteroatoms. The lowest BCUT2D eigenvalue weighted by Crippen LogP contribution is -2.04. The van der Waals surface area contributed by atoms with Gasteiger partial charge in [-0.3, -0.25) is 0 Å². The van der Waals surface area contributed by atoms with Crippen molar-refractivity contribution >= 4 is 17.3 Å². The molecular weight excluding hydrogens is 435 g/mol. The van der Waals surface area contributed by atoms with Crippen molar-refractivity contribution < 1.29 is 23.1 Å². The van der Waals surface area contributed by atoms with E-state index in [2.05, 4.69) is 16.8 Å². The van der Waals surface area contributed by atoms with Crippen molar-refractivity contribution in [2.24, 2.45) is 0 Å². The minimum Gasteiger partial charge on any atom is -0.478 e. The van der Waals surface area contributed by atoms with Gasteiger partial charge >= 0.3 is 12.1 Å². The molecule has 0 aliphatic rings. The Balaban J connectivity index is 1.55. The van der Waals surface area contributed by atoms with Crippen LogP contribution in [0.5, 0.6) is 0 Å². The molecule has 158 valence electrons. The summed E-state index contributed by atoms with van der Waals surface area (Å²) in [6.07, 6.45) is -4.41. The summed E-state index contributed by atoms with van der Waals surface area (Å²) in [6.45, 7) is 0. The fourth-order valence-electron chi connectivity index (χ4n) is 3.04. The second-order valence-electron chi connectivity index (χ2n) is 6.79. The minimum absolute atomic E-state index is 0.185. The third-order valence-electron chi connectivity index (χ3n) is 4.61. The molecule has 0 fully saturated rings. The summed E-state index contributed by atoms with van der Waals surface area (Å²) >= 11 is 1.39. The molecule has 0 atom stereocenters. The molecule has 0 saturated heterocycles. The quantitative estimate of drug-likeness (QED) is 0.359. The number of aromatic carboxylic acids is 1. The molecule has 0 radical (unpaired) electrons. The van der Waals surface area contributed by atoms with Crippen LogP contribution in [0.25, 0.3) is 21.8 Å². The number of halogens is 3. The molecule has 3 aromatic carbocycles. The summed E-state index contributed by atoms with van der Waals surface area (Å²) in [6, 6.07) is 18.8. The highest BCUT2D eigenvalue weighted by Gasteiger charge is 2.30. The topological polar surface area (TPSA) is 50.2 Å². The lowest BCUT2D eigenvalue weighted by Gasteiger charge is -2.05. The Labute approximate surface area is 185 Å². The van der Waals surface area contributed by atoms with Crippen molar-refractivity contribution in [1.29, 1.82) is 0 Å². The number of nitrogens with zero attached hydrogens (tertiary/aromatic N) is 1. The molecule has 4 rings (SSSR count). The number of carboxylic acid groups (broad SMARTS) is 1. The van der Waals surface area contributed by atoms with Gasteiger partial charge in [0.15, 0.2) is 0 Å². The first-order chi connectivity index (χ1) is 15.3. The Bertz CT molecular complexity index is 1350. The van der Waals surface area contributed by atoms with E-state index in [0.717, 1.165) is 22.7 Å². The van der Waals surface area contributed by atoms with Gasteiger partial charge in [-0.05, 0) is 36.4 Å². The predicted molar refractivity (Wildman–Crippen MR) is 117 cm³/mol. The smallest absolute Gasteiger partial charge is 0.416 e. The highest BCUT2D eigenvalue weighted by molar-refractivity contribution is 7.13. The summed E-state index contributed by atoms with van der Waals surface area (Å²) in [5.74, 6) is 4.61. The van der Waals surface area contributed by atoms with Crippen LogP contribution in [0, 0.1) is 11.8 Å². The summed E-state index contributed by atoms with van der Waals surface area (Å²) in [5.41, 5.74) is 2.35. The molecule has 0 unspecified atom stereocenters. The largest absolute Gasteiger partial charge is 0.478 e. The van der Waals surface area contributed by atoms with Crippen molar-refractivity contribution in [3.05, 3.63) is 100 Å². The van der Waals surface area contributed by atoms with Gasteiger partial charge in [0.05, 0.1) is 16.8 Å². The van der Waals surface area contributed by atoms with Gasteiger partial charge in [-0.1, -0.05) is 48.2 Å². The molecule has 0 spiro atoms. The molecule has 32 heavy (non-hydrogen) atoms. The van der Waals surface area contributed by atoms with Crippen LogP contribution in [0.1, 0.15) is 27.0 Å². The van der Waals surface area contributed by atoms with Gasteiger partial charge in [-0.25, -0.2) is 9.78 Å². The van der Waals surface area contributed by atoms with Crippen molar-refractivity contribution in [2.75, 3.05) is 0 Å². The van der Waals surface area contributed by atoms with E-state index in [1.807, 2.05) is 12.1 Å². The molecule has 3 nitrogen and oxygen atoms in total. The average Bonchev–Trinajstić information content (AvgIpc) is 3.28. The number of hydrogen-bond acceptors (Lipinski definition) is 3. The van der Waals surface area contributed by atoms with Gasteiger partial charge in [0, 0.05) is 27.6 Å². The van der Waals surface area contributed by atoms with E-state index in [-0.39, 0.29) is 11.1 Å². The molecule has 0 aliphatic heterocycles. The molecule has 1 N–H and O–H groups in total. The zero-order valence-electron chi connectivity index (χ0n) is 16.4. The average molecular weight is 449 g/mol. The second kappa shape index (κ2) is 8.69. The Kier molecular flexibility index (Phi) is 5.80. The van der Waals surface area contributed by atoms with Gasteiger partial charge < -0.3 is 5.11 Å². The van der Waals surface area contributed by atoms with Crippen molar-refractivity contribution in [2.45, 2.75) is 6.18 Å². The van der Waals surface area contributed by atoms with E-state index >= 15 is 0 Å². The first kappa shape index (κ1) is 21.3. The van der Waals surface area contributed by atoms with Gasteiger partial charge in [-0.15, -0.1) is 11.3 Å². The minimum atomic E-state index is -4.41. The van der Waals surface area contributed by atoms with E-state index in [1.54, 1.807) is 35.7 Å². The van der Waals surface area contributed by atoms with Crippen LogP contribution < -0.4 is 0 Å². The normalized spacial score (nSPS) is 11.0. The summed E-state index contributed by atoms with van der Waals surface area (Å²) in [7, 11) is 0. The van der Waals surface area contributed by atoms with Crippen LogP contribution in [-0.4, -0.2) is 16.1 Å². The van der Waals surface area contributed by atoms with E-state index in [1.165, 1.54) is 29.5 Å². The molecule has 0 bridgehead atoms. The Morgan fingerprint density at radius 3 is 2.34 bits per heavy atom. The standard InChI is InChI=1S/C25H14F3NO2S/c26-25(27,28)19-5-3-4-17(14-19)9-8-16-10-12-18(13-11-16)23-29-22(15-32-23)20-6-1-2-7-21(20)24(30)31/h1-7,10-15H,(H,30,31). The molecular formula is C25H14F3NO2S. The van der Waals surface area contributed by atoms with E-state index in [4.69, 9.17) is 0 Å². The maximum atomic E-state index is 12.8. The third-order valence-corrected chi connectivity index (χ3v) is 5.50. The van der Waals surface area contributed by atoms with Gasteiger partial charge in [-0.2, -0.15) is 13.2 Å². The molecule has 0 amide bonds. The number of rotatable bonds is 3. The molecule has 1 heterocycles. The fourth-order valence-corrected chi connectivity index (χ4v) is 3.86. The molecule has 0 saturated carbocycles. The Morgan fingerprint density at radius 1 is 0.906 bits per heavy atom. The zero-order valence-corrected chi connectivity index (χ0v) is 17.2. The first-order valence-corrected chi connectivity index (χ1v) is 10.3. The zero-order chi connectivity index (χ0) is 22.7. The fraction of sp³-hybridized carbons (Fsp3) is 0.0400. The number of carbonyl (C=O) groups is 1. The second-order valence-corrected chi connectivity index (χ2v) is 7.65. The van der Waals surface area contributed by atoms with Crippen molar-refractivity contribution in [3.8, 4) is 33.7 Å². The van der Waals surface area contributed by atoms with Gasteiger partial charge in [0.2, 0.25) is 0 Å². The predicted octanol–water partition coefficient (Wildman–Crippen LogP) is 6.59. The third kappa shape index (κ3) is 4.71. The summed E-state index contributed by atoms with van der Waals surface area (Å²) in [5, 5.41) is 11.9. The number of alkyl halides is 3. The SMILES string of the molecule is O=C(O)c1ccccc1-c1csc(-c2ccc(C#Cc3cccc(C(F)(F)F)c3)cc2)n1. The van der Waals surface area contributed by atoms with Crippen LogP contribution in [0.4, 0.5) is 13.2 Å². The number of carboxylic acids is 1. The van der Waals surface area contributed by atoms with Gasteiger partial charge in [0.1, 0.15) is 5.01 Å². The number of thiazole rings is 1. The highest BCUT2D eigenvalue weighted by Crippen LogP contribution is 2.31. The maximum absolute atomic E-state index is 12.8. The van der Waals surface area contributed by atoms with Crippen LogP contribution in [-0.2, 0) is 6.18 Å². The summed E-state index contributed by atoms with van der Waals surface area (Å²) < 4.78 is 38.5. The lowest BCUT2D eigenvalue weighted by atomic mass is 10.1. The molecule has 4 aromatic rings. The van der Waals surface area contributed by atoms with Crippen LogP contribution in [0.3, 0.4) is 0 Å². The van der Waals surface area contributed by atoms with Crippen LogP contribution in [0.15, 0.2) is 78.2 Å². The molecule has 0 aliphatic carbocycles. The Morgan fingerprint density at radius 2 is 1.62 bits per heavy atom. The monoisotopic (exact) mass is 449 g/mol. The lowest BCUT2D eigenvalue weighted by molar-refractivity contribution is -0.137. The van der Waals surface area contributed by atoms with Crippen molar-refractivity contribution in [3.63, 3.8) is 0 Å². The number of benzene rings is 3. The maximum Gasteiger partial charge on any atom is 0.416 e. The van der Waals surface area contributed by atoms with Gasteiger partial charge in [0.25, 0.3) is 0 Å². The van der Waals surface area contributed by atoms with E-state index in [0.29, 0.717) is 16.8 Å². The summed E-state index contributed by atoms with van der Waals surface area (Å²) in [4.78, 5) is 16.0. The number of hydrogen-bond donors (Lipinski definition) is 1. The molecule has 1 aromatic heterocycles. The number of aromatic nitrogens is 1. The highest BCUT2D eigenvalue weighted by atomic mass is 32.1. The van der Waals surface area contributed by atoms with E-state index < -0.39 is 17.7 Å². The Hall–Kier alpha value is -3.89. The van der Waals surface area contributed by atoms with Crippen LogP contribution in [0.2, 0.25) is 0 Å². The van der Waals surface area contributed by atoms with E-state index in [9.17, 15) is 23.1 Å². The van der Waals surface area contributed by atoms with Crippen molar-refractivity contribution in [1.82, 2.24) is 4.98 Å². The first-order valence-electron chi connectivity index (χ1n) is 9.39.